The van der Waals surface area contributed by atoms with Crippen LogP contribution in [-0.2, 0) is 16.0 Å². The molecule has 2 rings (SSSR count). The van der Waals surface area contributed by atoms with E-state index in [1.54, 1.807) is 14.0 Å². The van der Waals surface area contributed by atoms with Crippen molar-refractivity contribution in [2.45, 2.75) is 19.4 Å². The van der Waals surface area contributed by atoms with Crippen molar-refractivity contribution in [3.8, 4) is 11.5 Å². The van der Waals surface area contributed by atoms with Crippen LogP contribution in [-0.4, -0.2) is 46.6 Å². The van der Waals surface area contributed by atoms with E-state index < -0.39 is 6.04 Å². The monoisotopic (exact) mass is 342 g/mol. The predicted molar refractivity (Wildman–Crippen MR) is 75.5 cm³/mol. The fraction of sp³-hybridized carbons (Fsp3) is 0.385. The maximum absolute atomic E-state index is 12.0. The highest BCUT2D eigenvalue weighted by Gasteiger charge is 2.31. The van der Waals surface area contributed by atoms with Crippen LogP contribution in [0.25, 0.3) is 0 Å². The number of phenolic OH excluding ortho intramolecular Hbond substituents is 2. The van der Waals surface area contributed by atoms with Gasteiger partial charge in [0.15, 0.2) is 11.5 Å². The zero-order valence-electron chi connectivity index (χ0n) is 11.1. The molecule has 20 heavy (non-hydrogen) atoms. The van der Waals surface area contributed by atoms with Gasteiger partial charge < -0.3 is 20.4 Å². The Morgan fingerprint density at radius 1 is 1.45 bits per heavy atom. The van der Waals surface area contributed by atoms with E-state index in [0.29, 0.717) is 15.6 Å². The fourth-order valence-corrected chi connectivity index (χ4v) is 2.67. The molecule has 3 N–H and O–H groups in total. The SMILES string of the molecule is Cc1c(O)c(O)cc(CC2NC(=O)CN(C)C2=O)c1Br. The van der Waals surface area contributed by atoms with Crippen molar-refractivity contribution in [3.05, 3.63) is 21.7 Å². The summed E-state index contributed by atoms with van der Waals surface area (Å²) in [6, 6.07) is 0.724. The van der Waals surface area contributed by atoms with E-state index in [-0.39, 0.29) is 36.3 Å². The second-order valence-corrected chi connectivity index (χ2v) is 5.65. The molecule has 1 aliphatic rings. The highest BCUT2D eigenvalue weighted by molar-refractivity contribution is 9.10. The number of nitrogens with zero attached hydrogens (tertiary/aromatic N) is 1. The summed E-state index contributed by atoms with van der Waals surface area (Å²) in [6.07, 6.45) is 0.240. The number of amides is 2. The summed E-state index contributed by atoms with van der Waals surface area (Å²) < 4.78 is 0.614. The molecule has 1 aliphatic heterocycles. The van der Waals surface area contributed by atoms with Gasteiger partial charge >= 0.3 is 0 Å². The number of hydrogen-bond acceptors (Lipinski definition) is 4. The van der Waals surface area contributed by atoms with E-state index >= 15 is 0 Å². The minimum Gasteiger partial charge on any atom is -0.504 e. The number of carbonyl (C=O) groups excluding carboxylic acids is 2. The number of benzene rings is 1. The fourth-order valence-electron chi connectivity index (χ4n) is 2.20. The van der Waals surface area contributed by atoms with Crippen LogP contribution < -0.4 is 5.32 Å². The Labute approximate surface area is 124 Å². The standard InChI is InChI=1S/C13H15BrN2O4/c1-6-11(14)7(4-9(17)12(6)19)3-8-13(20)16(2)5-10(18)15-8/h4,8,17,19H,3,5H2,1-2H3,(H,15,18). The van der Waals surface area contributed by atoms with Gasteiger partial charge in [0.25, 0.3) is 0 Å². The van der Waals surface area contributed by atoms with Crippen molar-refractivity contribution in [1.29, 1.82) is 0 Å². The minimum atomic E-state index is -0.666. The summed E-state index contributed by atoms with van der Waals surface area (Å²) in [4.78, 5) is 24.9. The van der Waals surface area contributed by atoms with E-state index in [1.807, 2.05) is 0 Å². The van der Waals surface area contributed by atoms with Gasteiger partial charge in [-0.25, -0.2) is 0 Å². The lowest BCUT2D eigenvalue weighted by molar-refractivity contribution is -0.142. The molecule has 7 heteroatoms. The highest BCUT2D eigenvalue weighted by Crippen LogP contribution is 2.37. The Balaban J connectivity index is 2.30. The predicted octanol–water partition coefficient (Wildman–Crippen LogP) is 0.668. The summed E-state index contributed by atoms with van der Waals surface area (Å²) in [5, 5.41) is 21.9. The number of hydrogen-bond donors (Lipinski definition) is 3. The number of rotatable bonds is 2. The molecule has 1 unspecified atom stereocenters. The summed E-state index contributed by atoms with van der Waals surface area (Å²) in [6.45, 7) is 1.70. The maximum Gasteiger partial charge on any atom is 0.245 e. The zero-order valence-corrected chi connectivity index (χ0v) is 12.7. The Morgan fingerprint density at radius 3 is 2.75 bits per heavy atom. The van der Waals surface area contributed by atoms with Crippen molar-refractivity contribution in [2.75, 3.05) is 13.6 Å². The normalized spacial score (nSPS) is 19.1. The third-order valence-corrected chi connectivity index (χ3v) is 4.44. The van der Waals surface area contributed by atoms with E-state index in [4.69, 9.17) is 0 Å². The van der Waals surface area contributed by atoms with Crippen LogP contribution in [0.5, 0.6) is 11.5 Å². The highest BCUT2D eigenvalue weighted by atomic mass is 79.9. The van der Waals surface area contributed by atoms with E-state index in [9.17, 15) is 19.8 Å². The Bertz CT molecular complexity index is 588. The Kier molecular flexibility index (Phi) is 3.89. The zero-order chi connectivity index (χ0) is 15.0. The smallest absolute Gasteiger partial charge is 0.245 e. The molecule has 0 bridgehead atoms. The molecule has 1 saturated heterocycles. The summed E-state index contributed by atoms with van der Waals surface area (Å²) in [5.41, 5.74) is 1.13. The average molecular weight is 343 g/mol. The number of phenols is 2. The van der Waals surface area contributed by atoms with Crippen molar-refractivity contribution in [2.24, 2.45) is 0 Å². The third kappa shape index (κ3) is 2.58. The number of aromatic hydroxyl groups is 2. The van der Waals surface area contributed by atoms with Crippen molar-refractivity contribution in [1.82, 2.24) is 10.2 Å². The summed E-state index contributed by atoms with van der Waals surface area (Å²) in [5.74, 6) is -0.838. The first kappa shape index (κ1) is 14.6. The van der Waals surface area contributed by atoms with E-state index in [1.165, 1.54) is 11.0 Å². The molecule has 0 radical (unpaired) electrons. The van der Waals surface area contributed by atoms with Gasteiger partial charge in [-0.1, -0.05) is 15.9 Å². The van der Waals surface area contributed by atoms with Gasteiger partial charge in [0.05, 0.1) is 6.54 Å². The van der Waals surface area contributed by atoms with Crippen LogP contribution in [0, 0.1) is 6.92 Å². The first-order valence-electron chi connectivity index (χ1n) is 6.05. The number of halogens is 1. The van der Waals surface area contributed by atoms with Crippen LogP contribution in [0.2, 0.25) is 0 Å². The van der Waals surface area contributed by atoms with Crippen molar-refractivity contribution in [3.63, 3.8) is 0 Å². The quantitative estimate of drug-likeness (QED) is 0.689. The topological polar surface area (TPSA) is 89.9 Å². The molecule has 0 aliphatic carbocycles. The van der Waals surface area contributed by atoms with Crippen LogP contribution >= 0.6 is 15.9 Å². The van der Waals surface area contributed by atoms with Gasteiger partial charge in [-0.3, -0.25) is 9.59 Å². The lowest BCUT2D eigenvalue weighted by Crippen LogP contribution is -2.57. The first-order chi connectivity index (χ1) is 9.31. The lowest BCUT2D eigenvalue weighted by Gasteiger charge is -2.30. The Hall–Kier alpha value is -1.76. The third-order valence-electron chi connectivity index (χ3n) is 3.33. The lowest BCUT2D eigenvalue weighted by atomic mass is 10.0. The average Bonchev–Trinajstić information content (AvgIpc) is 2.39. The molecule has 1 aromatic carbocycles. The van der Waals surface area contributed by atoms with Crippen molar-refractivity contribution < 1.29 is 19.8 Å². The summed E-state index contributed by atoms with van der Waals surface area (Å²) >= 11 is 3.33. The largest absolute Gasteiger partial charge is 0.504 e. The molecule has 1 atom stereocenters. The van der Waals surface area contributed by atoms with Crippen LogP contribution in [0.15, 0.2) is 10.5 Å². The van der Waals surface area contributed by atoms with Gasteiger partial charge in [-0.05, 0) is 18.6 Å². The number of nitrogens with one attached hydrogen (secondary N) is 1. The van der Waals surface area contributed by atoms with Crippen molar-refractivity contribution >= 4 is 27.7 Å². The molecule has 0 saturated carbocycles. The van der Waals surface area contributed by atoms with Crippen LogP contribution in [0.3, 0.4) is 0 Å². The van der Waals surface area contributed by atoms with Gasteiger partial charge in [-0.2, -0.15) is 0 Å². The molecule has 6 nitrogen and oxygen atoms in total. The van der Waals surface area contributed by atoms with Gasteiger partial charge in [0, 0.05) is 23.5 Å². The summed E-state index contributed by atoms with van der Waals surface area (Å²) in [7, 11) is 1.57. The molecular weight excluding hydrogens is 328 g/mol. The number of piperazine rings is 1. The van der Waals surface area contributed by atoms with Crippen LogP contribution in [0.4, 0.5) is 0 Å². The molecule has 0 spiro atoms. The molecule has 1 heterocycles. The molecule has 1 fully saturated rings. The minimum absolute atomic E-state index is 0.0519. The molecule has 108 valence electrons. The van der Waals surface area contributed by atoms with Crippen LogP contribution in [0.1, 0.15) is 11.1 Å². The molecule has 0 aromatic heterocycles. The van der Waals surface area contributed by atoms with Gasteiger partial charge in [0.1, 0.15) is 6.04 Å². The second-order valence-electron chi connectivity index (χ2n) is 4.86. The molecule has 2 amide bonds. The van der Waals surface area contributed by atoms with Gasteiger partial charge in [-0.15, -0.1) is 0 Å². The van der Waals surface area contributed by atoms with E-state index in [2.05, 4.69) is 21.2 Å². The first-order valence-corrected chi connectivity index (χ1v) is 6.84. The number of carbonyl (C=O) groups is 2. The Morgan fingerprint density at radius 2 is 2.10 bits per heavy atom. The van der Waals surface area contributed by atoms with Gasteiger partial charge in [0.2, 0.25) is 11.8 Å². The number of likely N-dealkylation sites (N-methyl/N-ethyl adjacent to an activating group) is 1. The maximum atomic E-state index is 12.0. The second kappa shape index (κ2) is 5.32. The molecule has 1 aromatic rings. The molecular formula is C13H15BrN2O4. The van der Waals surface area contributed by atoms with E-state index in [0.717, 1.165) is 0 Å².